The molecule has 0 spiro atoms. The van der Waals surface area contributed by atoms with Gasteiger partial charge in [-0.05, 0) is 19.1 Å². The fourth-order valence-corrected chi connectivity index (χ4v) is 1.98. The second kappa shape index (κ2) is 4.12. The number of ether oxygens (including phenoxy) is 1. The van der Waals surface area contributed by atoms with Gasteiger partial charge < -0.3 is 9.84 Å². The van der Waals surface area contributed by atoms with Crippen molar-refractivity contribution in [2.75, 3.05) is 6.67 Å². The zero-order valence-corrected chi connectivity index (χ0v) is 9.59. The Bertz CT molecular complexity index is 458. The molecular formula is C12H12F4O2. The highest BCUT2D eigenvalue weighted by Crippen LogP contribution is 2.42. The molecule has 1 N–H and O–H groups in total. The summed E-state index contributed by atoms with van der Waals surface area (Å²) in [6.45, 7) is 0.541. The molecule has 2 rings (SSSR count). The molecule has 1 aliphatic heterocycles. The van der Waals surface area contributed by atoms with Crippen molar-refractivity contribution < 1.29 is 27.4 Å². The Morgan fingerprint density at radius 1 is 1.44 bits per heavy atom. The third kappa shape index (κ3) is 2.29. The fraction of sp³-hybridized carbons (Fsp3) is 0.500. The van der Waals surface area contributed by atoms with Crippen LogP contribution in [-0.2, 0) is 6.18 Å². The summed E-state index contributed by atoms with van der Waals surface area (Å²) in [5, 5.41) is 9.79. The Labute approximate surface area is 101 Å². The molecule has 0 aliphatic carbocycles. The first-order valence-corrected chi connectivity index (χ1v) is 5.39. The van der Waals surface area contributed by atoms with Crippen LogP contribution in [0, 0.1) is 0 Å². The van der Waals surface area contributed by atoms with Crippen LogP contribution in [0.25, 0.3) is 0 Å². The number of rotatable bonds is 1. The molecule has 100 valence electrons. The van der Waals surface area contributed by atoms with Gasteiger partial charge in [0.05, 0.1) is 11.7 Å². The predicted octanol–water partition coefficient (Wildman–Crippen LogP) is 3.25. The molecule has 0 saturated carbocycles. The minimum Gasteiger partial charge on any atom is -0.484 e. The smallest absolute Gasteiger partial charge is 0.416 e. The number of fused-ring (bicyclic) bond motifs is 1. The largest absolute Gasteiger partial charge is 0.484 e. The van der Waals surface area contributed by atoms with Gasteiger partial charge in [0.15, 0.2) is 0 Å². The van der Waals surface area contributed by atoms with Gasteiger partial charge in [-0.2, -0.15) is 13.2 Å². The first-order valence-electron chi connectivity index (χ1n) is 5.39. The van der Waals surface area contributed by atoms with E-state index in [2.05, 4.69) is 0 Å². The molecule has 0 saturated heterocycles. The first-order chi connectivity index (χ1) is 8.25. The lowest BCUT2D eigenvalue weighted by atomic mass is 9.90. The molecule has 2 atom stereocenters. The van der Waals surface area contributed by atoms with Gasteiger partial charge in [-0.15, -0.1) is 0 Å². The summed E-state index contributed by atoms with van der Waals surface area (Å²) in [5.74, 6) is -0.108. The summed E-state index contributed by atoms with van der Waals surface area (Å²) in [4.78, 5) is 0. The van der Waals surface area contributed by atoms with E-state index < -0.39 is 30.1 Å². The molecular weight excluding hydrogens is 252 g/mol. The molecule has 18 heavy (non-hydrogen) atoms. The van der Waals surface area contributed by atoms with Crippen LogP contribution < -0.4 is 4.74 Å². The van der Waals surface area contributed by atoms with Crippen LogP contribution in [0.15, 0.2) is 18.2 Å². The van der Waals surface area contributed by atoms with Crippen molar-refractivity contribution in [2.45, 2.75) is 31.2 Å². The van der Waals surface area contributed by atoms with E-state index >= 15 is 0 Å². The lowest BCUT2D eigenvalue weighted by molar-refractivity contribution is -0.138. The van der Waals surface area contributed by atoms with E-state index in [1.807, 2.05) is 0 Å². The molecule has 6 heteroatoms. The van der Waals surface area contributed by atoms with E-state index in [0.29, 0.717) is 0 Å². The van der Waals surface area contributed by atoms with Crippen molar-refractivity contribution in [1.82, 2.24) is 0 Å². The SMILES string of the molecule is C[C@]1(CF)C[C@H](O)c2ccc(C(F)(F)F)cc2O1. The summed E-state index contributed by atoms with van der Waals surface area (Å²) in [5.41, 5.74) is -1.90. The van der Waals surface area contributed by atoms with E-state index in [-0.39, 0.29) is 17.7 Å². The van der Waals surface area contributed by atoms with E-state index in [0.717, 1.165) is 12.1 Å². The van der Waals surface area contributed by atoms with Crippen molar-refractivity contribution in [3.05, 3.63) is 29.3 Å². The fourth-order valence-electron chi connectivity index (χ4n) is 1.98. The molecule has 0 fully saturated rings. The second-order valence-electron chi connectivity index (χ2n) is 4.66. The zero-order chi connectivity index (χ0) is 13.6. The molecule has 0 bridgehead atoms. The van der Waals surface area contributed by atoms with Crippen LogP contribution in [0.3, 0.4) is 0 Å². The molecule has 1 aromatic rings. The number of aliphatic hydroxyl groups excluding tert-OH is 1. The number of halogens is 4. The lowest BCUT2D eigenvalue weighted by Crippen LogP contribution is -2.40. The van der Waals surface area contributed by atoms with Gasteiger partial charge in [-0.25, -0.2) is 4.39 Å². The Morgan fingerprint density at radius 3 is 2.67 bits per heavy atom. The highest BCUT2D eigenvalue weighted by Gasteiger charge is 2.39. The van der Waals surface area contributed by atoms with E-state index in [9.17, 15) is 22.7 Å². The Morgan fingerprint density at radius 2 is 2.11 bits per heavy atom. The second-order valence-corrected chi connectivity index (χ2v) is 4.66. The molecule has 1 aromatic carbocycles. The molecule has 0 unspecified atom stereocenters. The number of alkyl halides is 4. The van der Waals surface area contributed by atoms with Crippen LogP contribution in [0.1, 0.15) is 30.6 Å². The number of hydrogen-bond acceptors (Lipinski definition) is 2. The third-order valence-electron chi connectivity index (χ3n) is 2.96. The highest BCUT2D eigenvalue weighted by molar-refractivity contribution is 5.42. The average molecular weight is 264 g/mol. The maximum atomic E-state index is 12.8. The van der Waals surface area contributed by atoms with Crippen LogP contribution in [0.5, 0.6) is 5.75 Å². The normalized spacial score (nSPS) is 27.6. The summed E-state index contributed by atoms with van der Waals surface area (Å²) in [6.07, 6.45) is -5.49. The predicted molar refractivity (Wildman–Crippen MR) is 56.0 cm³/mol. The summed E-state index contributed by atoms with van der Waals surface area (Å²) >= 11 is 0. The van der Waals surface area contributed by atoms with Crippen molar-refractivity contribution in [2.24, 2.45) is 0 Å². The van der Waals surface area contributed by atoms with Gasteiger partial charge >= 0.3 is 6.18 Å². The van der Waals surface area contributed by atoms with Gasteiger partial charge in [-0.3, -0.25) is 0 Å². The van der Waals surface area contributed by atoms with Crippen LogP contribution >= 0.6 is 0 Å². The molecule has 0 aromatic heterocycles. The van der Waals surface area contributed by atoms with Gasteiger partial charge in [0.25, 0.3) is 0 Å². The minimum atomic E-state index is -4.49. The van der Waals surface area contributed by atoms with Crippen molar-refractivity contribution in [3.8, 4) is 5.75 Å². The first kappa shape index (κ1) is 13.1. The third-order valence-corrected chi connectivity index (χ3v) is 2.96. The Hall–Kier alpha value is -1.30. The maximum Gasteiger partial charge on any atom is 0.416 e. The van der Waals surface area contributed by atoms with Gasteiger partial charge in [0, 0.05) is 12.0 Å². The van der Waals surface area contributed by atoms with Gasteiger partial charge in [0.2, 0.25) is 0 Å². The average Bonchev–Trinajstić information content (AvgIpc) is 2.27. The quantitative estimate of drug-likeness (QED) is 0.789. The summed E-state index contributed by atoms with van der Waals surface area (Å²) in [6, 6.07) is 2.84. The van der Waals surface area contributed by atoms with E-state index in [1.54, 1.807) is 0 Å². The highest BCUT2D eigenvalue weighted by atomic mass is 19.4. The van der Waals surface area contributed by atoms with Crippen LogP contribution in [0.4, 0.5) is 17.6 Å². The van der Waals surface area contributed by atoms with Crippen molar-refractivity contribution in [3.63, 3.8) is 0 Å². The van der Waals surface area contributed by atoms with Gasteiger partial charge in [0.1, 0.15) is 18.0 Å². The van der Waals surface area contributed by atoms with Crippen LogP contribution in [0.2, 0.25) is 0 Å². The van der Waals surface area contributed by atoms with Crippen molar-refractivity contribution in [1.29, 1.82) is 0 Å². The monoisotopic (exact) mass is 264 g/mol. The lowest BCUT2D eigenvalue weighted by Gasteiger charge is -2.36. The number of benzene rings is 1. The minimum absolute atomic E-state index is 0.0157. The zero-order valence-electron chi connectivity index (χ0n) is 9.59. The molecule has 0 radical (unpaired) electrons. The summed E-state index contributed by atoms with van der Waals surface area (Å²) in [7, 11) is 0. The Kier molecular flexibility index (Phi) is 3.01. The van der Waals surface area contributed by atoms with Gasteiger partial charge in [-0.1, -0.05) is 6.07 Å². The molecule has 1 aliphatic rings. The topological polar surface area (TPSA) is 29.5 Å². The van der Waals surface area contributed by atoms with E-state index in [1.165, 1.54) is 13.0 Å². The number of aliphatic hydroxyl groups is 1. The number of hydrogen-bond donors (Lipinski definition) is 1. The maximum absolute atomic E-state index is 12.8. The van der Waals surface area contributed by atoms with Crippen molar-refractivity contribution >= 4 is 0 Å². The Balaban J connectivity index is 2.43. The molecule has 2 nitrogen and oxygen atoms in total. The molecule has 0 amide bonds. The van der Waals surface area contributed by atoms with Crippen LogP contribution in [-0.4, -0.2) is 17.4 Å². The molecule has 1 heterocycles. The summed E-state index contributed by atoms with van der Waals surface area (Å²) < 4.78 is 55.7. The van der Waals surface area contributed by atoms with E-state index in [4.69, 9.17) is 4.74 Å². The standard InChI is InChI=1S/C12H12F4O2/c1-11(6-13)5-9(17)8-3-2-7(12(14,15)16)4-10(8)18-11/h2-4,9,17H,5-6H2,1H3/t9-,11+/m0/s1.